The van der Waals surface area contributed by atoms with Gasteiger partial charge in [-0.1, -0.05) is 0 Å². The van der Waals surface area contributed by atoms with Crippen LogP contribution in [0.3, 0.4) is 0 Å². The Morgan fingerprint density at radius 3 is 3.00 bits per heavy atom. The zero-order valence-corrected chi connectivity index (χ0v) is 4.23. The molecule has 0 aromatic heterocycles. The molecule has 0 rings (SSSR count). The maximum atomic E-state index is 9.39. The van der Waals surface area contributed by atoms with Gasteiger partial charge in [0.15, 0.2) is 0 Å². The smallest absolute Gasteiger partial charge is 0.309 e. The average molecular weight is 102 g/mol. The summed E-state index contributed by atoms with van der Waals surface area (Å²) in [6.45, 7) is 1.09. The molecule has 0 heterocycles. The van der Waals surface area contributed by atoms with E-state index in [-0.39, 0.29) is 0 Å². The van der Waals surface area contributed by atoms with Crippen LogP contribution in [0.1, 0.15) is 0 Å². The van der Waals surface area contributed by atoms with E-state index in [1.807, 2.05) is 0 Å². The summed E-state index contributed by atoms with van der Waals surface area (Å²) < 4.78 is 4.60. The number of hydrogen-bond acceptors (Lipinski definition) is 2. The summed E-state index contributed by atoms with van der Waals surface area (Å²) in [7, 11) is 1.58. The highest BCUT2D eigenvalue weighted by molar-refractivity contribution is 5.46. The van der Waals surface area contributed by atoms with Crippen LogP contribution < -0.4 is 5.32 Å². The minimum atomic E-state index is 0.542. The Hall–Kier alpha value is -0.570. The Kier molecular flexibility index (Phi) is 4.99. The summed E-state index contributed by atoms with van der Waals surface area (Å²) in [5.74, 6) is 0. The molecule has 0 aliphatic rings. The molecule has 0 aromatic rings. The fourth-order valence-electron chi connectivity index (χ4n) is 0.204. The van der Waals surface area contributed by atoms with E-state index in [9.17, 15) is 4.79 Å². The van der Waals surface area contributed by atoms with Gasteiger partial charge >= 0.3 is 6.41 Å². The monoisotopic (exact) mass is 102 g/mol. The number of carbonyl (C=O) groups excluding carboxylic acids is 1. The standard InChI is InChI=1S/C4H8NO2/c1-7-3-2-5-4-6/h2-3H2,1H3,(H,5,6). The van der Waals surface area contributed by atoms with Gasteiger partial charge in [0, 0.05) is 13.7 Å². The fourth-order valence-corrected chi connectivity index (χ4v) is 0.204. The molecule has 0 atom stereocenters. The van der Waals surface area contributed by atoms with Gasteiger partial charge in [-0.15, -0.1) is 0 Å². The third kappa shape index (κ3) is 5.43. The largest absolute Gasteiger partial charge is 0.383 e. The van der Waals surface area contributed by atoms with Crippen LogP contribution in [0.25, 0.3) is 0 Å². The maximum Gasteiger partial charge on any atom is 0.309 e. The third-order valence-electron chi connectivity index (χ3n) is 0.503. The lowest BCUT2D eigenvalue weighted by Gasteiger charge is -1.91. The van der Waals surface area contributed by atoms with Crippen molar-refractivity contribution in [3.63, 3.8) is 0 Å². The van der Waals surface area contributed by atoms with E-state index >= 15 is 0 Å². The van der Waals surface area contributed by atoms with Crippen molar-refractivity contribution in [2.75, 3.05) is 20.3 Å². The van der Waals surface area contributed by atoms with Crippen molar-refractivity contribution in [2.24, 2.45) is 0 Å². The molecule has 0 unspecified atom stereocenters. The Bertz CT molecular complexity index is 47.0. The van der Waals surface area contributed by atoms with Gasteiger partial charge in [-0.25, -0.2) is 0 Å². The van der Waals surface area contributed by atoms with Crippen LogP contribution in [0.5, 0.6) is 0 Å². The molecule has 0 fully saturated rings. The first kappa shape index (κ1) is 6.43. The summed E-state index contributed by atoms with van der Waals surface area (Å²) in [6.07, 6.45) is 1.52. The van der Waals surface area contributed by atoms with E-state index in [4.69, 9.17) is 0 Å². The zero-order valence-electron chi connectivity index (χ0n) is 4.23. The van der Waals surface area contributed by atoms with Crippen molar-refractivity contribution in [3.8, 4) is 0 Å². The second-order valence-electron chi connectivity index (χ2n) is 1.02. The fraction of sp³-hybridized carbons (Fsp3) is 0.750. The Labute approximate surface area is 42.7 Å². The van der Waals surface area contributed by atoms with Gasteiger partial charge in [0.05, 0.1) is 6.61 Å². The molecule has 0 spiro atoms. The number of rotatable bonds is 4. The quantitative estimate of drug-likeness (QED) is 0.376. The van der Waals surface area contributed by atoms with Crippen LogP contribution in [0, 0.1) is 0 Å². The Morgan fingerprint density at radius 1 is 1.86 bits per heavy atom. The van der Waals surface area contributed by atoms with Crippen molar-refractivity contribution in [2.45, 2.75) is 0 Å². The second-order valence-corrected chi connectivity index (χ2v) is 1.02. The van der Waals surface area contributed by atoms with Gasteiger partial charge in [0.25, 0.3) is 0 Å². The van der Waals surface area contributed by atoms with E-state index in [1.165, 1.54) is 6.41 Å². The summed E-state index contributed by atoms with van der Waals surface area (Å²) in [6, 6.07) is 0. The van der Waals surface area contributed by atoms with Crippen molar-refractivity contribution < 1.29 is 9.53 Å². The van der Waals surface area contributed by atoms with E-state index in [2.05, 4.69) is 10.1 Å². The number of methoxy groups -OCH3 is 1. The van der Waals surface area contributed by atoms with Crippen molar-refractivity contribution in [1.82, 2.24) is 5.32 Å². The van der Waals surface area contributed by atoms with Crippen LogP contribution in [-0.4, -0.2) is 26.7 Å². The minimum Gasteiger partial charge on any atom is -0.383 e. The summed E-state index contributed by atoms with van der Waals surface area (Å²) in [5.41, 5.74) is 0. The topological polar surface area (TPSA) is 38.3 Å². The van der Waals surface area contributed by atoms with E-state index in [0.717, 1.165) is 0 Å². The highest BCUT2D eigenvalue weighted by atomic mass is 16.5. The Balaban J connectivity index is 2.56. The molecule has 3 nitrogen and oxygen atoms in total. The molecular weight excluding hydrogens is 94.0 g/mol. The van der Waals surface area contributed by atoms with Crippen molar-refractivity contribution in [1.29, 1.82) is 0 Å². The second kappa shape index (κ2) is 5.43. The first-order chi connectivity index (χ1) is 3.41. The lowest BCUT2D eigenvalue weighted by molar-refractivity contribution is 0.203. The molecule has 1 N–H and O–H groups in total. The average Bonchev–Trinajstić information content (AvgIpc) is 1.69. The third-order valence-corrected chi connectivity index (χ3v) is 0.503. The van der Waals surface area contributed by atoms with Crippen LogP contribution in [0.15, 0.2) is 0 Å². The van der Waals surface area contributed by atoms with Crippen LogP contribution in [0.4, 0.5) is 0 Å². The minimum absolute atomic E-state index is 0.542. The molecule has 1 amide bonds. The highest BCUT2D eigenvalue weighted by Gasteiger charge is 1.77. The molecule has 7 heavy (non-hydrogen) atoms. The van der Waals surface area contributed by atoms with E-state index < -0.39 is 0 Å². The molecule has 3 heteroatoms. The molecule has 0 bridgehead atoms. The first-order valence-electron chi connectivity index (χ1n) is 2.00. The number of hydrogen-bond donors (Lipinski definition) is 1. The van der Waals surface area contributed by atoms with Gasteiger partial charge in [-0.05, 0) is 0 Å². The van der Waals surface area contributed by atoms with Crippen LogP contribution in [0.2, 0.25) is 0 Å². The zero-order chi connectivity index (χ0) is 5.54. The molecule has 0 aliphatic carbocycles. The SMILES string of the molecule is COCCN[C]=O. The first-order valence-corrected chi connectivity index (χ1v) is 2.00. The van der Waals surface area contributed by atoms with E-state index in [1.54, 1.807) is 7.11 Å². The van der Waals surface area contributed by atoms with Crippen molar-refractivity contribution in [3.05, 3.63) is 0 Å². The maximum absolute atomic E-state index is 9.39. The van der Waals surface area contributed by atoms with Gasteiger partial charge in [0.1, 0.15) is 0 Å². The summed E-state index contributed by atoms with van der Waals surface area (Å²) in [5, 5.41) is 2.32. The Morgan fingerprint density at radius 2 is 2.57 bits per heavy atom. The number of ether oxygens (including phenoxy) is 1. The molecule has 0 aromatic carbocycles. The molecule has 1 radical (unpaired) electrons. The molecule has 0 aliphatic heterocycles. The highest BCUT2D eigenvalue weighted by Crippen LogP contribution is 1.58. The van der Waals surface area contributed by atoms with Crippen molar-refractivity contribution >= 4 is 6.41 Å². The molecule has 0 saturated heterocycles. The predicted octanol–water partition coefficient (Wildman–Crippen LogP) is -0.710. The van der Waals surface area contributed by atoms with Gasteiger partial charge in [-0.2, -0.15) is 0 Å². The molecular formula is C4H8NO2. The number of amides is 1. The van der Waals surface area contributed by atoms with Gasteiger partial charge in [0.2, 0.25) is 0 Å². The summed E-state index contributed by atoms with van der Waals surface area (Å²) in [4.78, 5) is 9.39. The number of nitrogens with one attached hydrogen (secondary N) is 1. The van der Waals surface area contributed by atoms with Crippen LogP contribution >= 0.6 is 0 Å². The van der Waals surface area contributed by atoms with Gasteiger partial charge < -0.3 is 10.1 Å². The molecule has 0 saturated carbocycles. The van der Waals surface area contributed by atoms with E-state index in [0.29, 0.717) is 13.2 Å². The van der Waals surface area contributed by atoms with Gasteiger partial charge in [-0.3, -0.25) is 4.79 Å². The lowest BCUT2D eigenvalue weighted by Crippen LogP contribution is -2.16. The summed E-state index contributed by atoms with van der Waals surface area (Å²) >= 11 is 0. The lowest BCUT2D eigenvalue weighted by atomic mass is 10.7. The predicted molar refractivity (Wildman–Crippen MR) is 25.6 cm³/mol. The normalized spacial score (nSPS) is 8.14. The van der Waals surface area contributed by atoms with Crippen LogP contribution in [-0.2, 0) is 9.53 Å². The molecule has 41 valence electrons.